The van der Waals surface area contributed by atoms with Gasteiger partial charge in [-0.15, -0.1) is 6.58 Å². The molecule has 6 nitrogen and oxygen atoms in total. The number of rotatable bonds is 6. The van der Waals surface area contributed by atoms with Gasteiger partial charge >= 0.3 is 0 Å². The van der Waals surface area contributed by atoms with Crippen molar-refractivity contribution in [1.29, 1.82) is 0 Å². The summed E-state index contributed by atoms with van der Waals surface area (Å²) in [6.07, 6.45) is 4.54. The first-order chi connectivity index (χ1) is 11.9. The van der Waals surface area contributed by atoms with Gasteiger partial charge in [-0.1, -0.05) is 29.8 Å². The lowest BCUT2D eigenvalue weighted by molar-refractivity contribution is -0.111. The SMILES string of the molecule is C=CCNC(=O)c1ccccc1NC(=O)/C=C/c1c(C)nn(C)c1Cl. The molecule has 2 aromatic rings. The van der Waals surface area contributed by atoms with Gasteiger partial charge in [0.15, 0.2) is 0 Å². The predicted octanol–water partition coefficient (Wildman–Crippen LogP) is 2.95. The average molecular weight is 359 g/mol. The third kappa shape index (κ3) is 4.58. The average Bonchev–Trinajstić information content (AvgIpc) is 2.83. The number of amides is 2. The number of nitrogens with zero attached hydrogens (tertiary/aromatic N) is 2. The number of benzene rings is 1. The molecule has 0 saturated heterocycles. The molecule has 25 heavy (non-hydrogen) atoms. The third-order valence-corrected chi connectivity index (χ3v) is 3.88. The minimum Gasteiger partial charge on any atom is -0.349 e. The molecule has 2 N–H and O–H groups in total. The molecule has 0 aliphatic carbocycles. The highest BCUT2D eigenvalue weighted by Crippen LogP contribution is 2.20. The Morgan fingerprint density at radius 3 is 2.72 bits per heavy atom. The third-order valence-electron chi connectivity index (χ3n) is 3.43. The first-order valence-corrected chi connectivity index (χ1v) is 7.98. The number of anilines is 1. The van der Waals surface area contributed by atoms with E-state index in [0.717, 1.165) is 5.69 Å². The summed E-state index contributed by atoms with van der Waals surface area (Å²) in [7, 11) is 1.73. The van der Waals surface area contributed by atoms with Crippen molar-refractivity contribution >= 4 is 35.2 Å². The first kappa shape index (κ1) is 18.5. The zero-order valence-corrected chi connectivity index (χ0v) is 14.8. The van der Waals surface area contributed by atoms with E-state index in [-0.39, 0.29) is 11.8 Å². The standard InChI is InChI=1S/C18H19ClN4O2/c1-4-11-20-18(25)14-7-5-6-8-15(14)21-16(24)10-9-13-12(2)22-23(3)17(13)19/h4-10H,1,11H2,2-3H3,(H,20,25)(H,21,24)/b10-9+. The lowest BCUT2D eigenvalue weighted by Gasteiger charge is -2.09. The number of aryl methyl sites for hydroxylation is 2. The number of carbonyl (C=O) groups excluding carboxylic acids is 2. The van der Waals surface area contributed by atoms with Gasteiger partial charge in [-0.3, -0.25) is 14.3 Å². The van der Waals surface area contributed by atoms with Gasteiger partial charge in [0.05, 0.1) is 16.9 Å². The highest BCUT2D eigenvalue weighted by Gasteiger charge is 2.12. The zero-order valence-electron chi connectivity index (χ0n) is 14.0. The second-order valence-electron chi connectivity index (χ2n) is 5.28. The monoisotopic (exact) mass is 358 g/mol. The highest BCUT2D eigenvalue weighted by atomic mass is 35.5. The van der Waals surface area contributed by atoms with Crippen molar-refractivity contribution in [2.75, 3.05) is 11.9 Å². The fraction of sp³-hybridized carbons (Fsp3) is 0.167. The Balaban J connectivity index is 2.14. The molecule has 130 valence electrons. The molecule has 0 bridgehead atoms. The van der Waals surface area contributed by atoms with E-state index in [9.17, 15) is 9.59 Å². The van der Waals surface area contributed by atoms with Crippen molar-refractivity contribution in [2.45, 2.75) is 6.92 Å². The Morgan fingerprint density at radius 2 is 2.08 bits per heavy atom. The summed E-state index contributed by atoms with van der Waals surface area (Å²) < 4.78 is 1.54. The van der Waals surface area contributed by atoms with Crippen molar-refractivity contribution in [2.24, 2.45) is 7.05 Å². The molecule has 0 radical (unpaired) electrons. The molecule has 0 aliphatic heterocycles. The van der Waals surface area contributed by atoms with Crippen LogP contribution in [-0.2, 0) is 11.8 Å². The van der Waals surface area contributed by atoms with Crippen molar-refractivity contribution in [3.8, 4) is 0 Å². The van der Waals surface area contributed by atoms with E-state index in [0.29, 0.717) is 28.5 Å². The summed E-state index contributed by atoms with van der Waals surface area (Å²) in [5, 5.41) is 10.0. The number of hydrogen-bond acceptors (Lipinski definition) is 3. The fourth-order valence-electron chi connectivity index (χ4n) is 2.22. The molecule has 0 fully saturated rings. The second-order valence-corrected chi connectivity index (χ2v) is 5.64. The van der Waals surface area contributed by atoms with Crippen LogP contribution in [0.5, 0.6) is 0 Å². The van der Waals surface area contributed by atoms with E-state index in [1.165, 1.54) is 10.8 Å². The van der Waals surface area contributed by atoms with Gasteiger partial charge in [-0.25, -0.2) is 0 Å². The molecule has 1 aromatic carbocycles. The van der Waals surface area contributed by atoms with Crippen LogP contribution >= 0.6 is 11.6 Å². The van der Waals surface area contributed by atoms with Gasteiger partial charge in [0.2, 0.25) is 5.91 Å². The molecule has 0 spiro atoms. The lowest BCUT2D eigenvalue weighted by Crippen LogP contribution is -2.24. The van der Waals surface area contributed by atoms with Crippen molar-refractivity contribution in [3.63, 3.8) is 0 Å². The minimum atomic E-state index is -0.372. The second kappa shape index (κ2) is 8.30. The van der Waals surface area contributed by atoms with Crippen LogP contribution in [0.1, 0.15) is 21.6 Å². The Bertz CT molecular complexity index is 840. The van der Waals surface area contributed by atoms with E-state index in [2.05, 4.69) is 22.3 Å². The summed E-state index contributed by atoms with van der Waals surface area (Å²) in [4.78, 5) is 24.3. The molecule has 0 aliphatic rings. The summed E-state index contributed by atoms with van der Waals surface area (Å²) >= 11 is 6.13. The van der Waals surface area contributed by atoms with Gasteiger partial charge in [0.1, 0.15) is 5.15 Å². The van der Waals surface area contributed by atoms with Crippen molar-refractivity contribution < 1.29 is 9.59 Å². The Labute approximate surface area is 151 Å². The molecule has 1 heterocycles. The van der Waals surface area contributed by atoms with E-state index in [1.54, 1.807) is 43.5 Å². The van der Waals surface area contributed by atoms with Gasteiger partial charge < -0.3 is 10.6 Å². The molecule has 0 atom stereocenters. The fourth-order valence-corrected chi connectivity index (χ4v) is 2.46. The molecule has 2 rings (SSSR count). The maximum atomic E-state index is 12.2. The van der Waals surface area contributed by atoms with Crippen LogP contribution in [-0.4, -0.2) is 28.1 Å². The van der Waals surface area contributed by atoms with Crippen molar-refractivity contribution in [3.05, 3.63) is 65.0 Å². The Kier molecular flexibility index (Phi) is 6.14. The smallest absolute Gasteiger partial charge is 0.253 e. The molecule has 7 heteroatoms. The van der Waals surface area contributed by atoms with E-state index in [1.807, 2.05) is 6.92 Å². The van der Waals surface area contributed by atoms with Crippen LogP contribution in [0.3, 0.4) is 0 Å². The van der Waals surface area contributed by atoms with Gasteiger partial charge in [-0.2, -0.15) is 5.10 Å². The number of hydrogen-bond donors (Lipinski definition) is 2. The molecule has 0 saturated carbocycles. The van der Waals surface area contributed by atoms with Crippen LogP contribution in [0.15, 0.2) is 43.0 Å². The number of halogens is 1. The van der Waals surface area contributed by atoms with E-state index < -0.39 is 0 Å². The number of nitrogens with one attached hydrogen (secondary N) is 2. The Morgan fingerprint density at radius 1 is 1.36 bits per heavy atom. The van der Waals surface area contributed by atoms with Crippen LogP contribution in [0.4, 0.5) is 5.69 Å². The van der Waals surface area contributed by atoms with E-state index >= 15 is 0 Å². The summed E-state index contributed by atoms with van der Waals surface area (Å²) in [6.45, 7) is 5.71. The van der Waals surface area contributed by atoms with Crippen LogP contribution in [0.2, 0.25) is 5.15 Å². The predicted molar refractivity (Wildman–Crippen MR) is 99.6 cm³/mol. The van der Waals surface area contributed by atoms with E-state index in [4.69, 9.17) is 11.6 Å². The minimum absolute atomic E-state index is 0.286. The quantitative estimate of drug-likeness (QED) is 0.615. The van der Waals surface area contributed by atoms with Gasteiger partial charge in [0, 0.05) is 25.2 Å². The number of carbonyl (C=O) groups is 2. The number of aromatic nitrogens is 2. The first-order valence-electron chi connectivity index (χ1n) is 7.60. The topological polar surface area (TPSA) is 76.0 Å². The summed E-state index contributed by atoms with van der Waals surface area (Å²) in [5.41, 5.74) is 2.20. The molecule has 1 aromatic heterocycles. The molecular formula is C18H19ClN4O2. The molecule has 0 unspecified atom stereocenters. The normalized spacial score (nSPS) is 10.7. The molecular weight excluding hydrogens is 340 g/mol. The largest absolute Gasteiger partial charge is 0.349 e. The zero-order chi connectivity index (χ0) is 18.4. The maximum absolute atomic E-state index is 12.2. The summed E-state index contributed by atoms with van der Waals surface area (Å²) in [6, 6.07) is 6.77. The van der Waals surface area contributed by atoms with Crippen molar-refractivity contribution in [1.82, 2.24) is 15.1 Å². The molecule has 2 amide bonds. The van der Waals surface area contributed by atoms with Gasteiger partial charge in [0.25, 0.3) is 5.91 Å². The van der Waals surface area contributed by atoms with Crippen LogP contribution < -0.4 is 10.6 Å². The van der Waals surface area contributed by atoms with Gasteiger partial charge in [-0.05, 0) is 25.1 Å². The van der Waals surface area contributed by atoms with Crippen LogP contribution in [0.25, 0.3) is 6.08 Å². The lowest BCUT2D eigenvalue weighted by atomic mass is 10.1. The maximum Gasteiger partial charge on any atom is 0.253 e. The summed E-state index contributed by atoms with van der Waals surface area (Å²) in [5.74, 6) is -0.658. The highest BCUT2D eigenvalue weighted by molar-refractivity contribution is 6.31. The number of para-hydroxylation sites is 1. The van der Waals surface area contributed by atoms with Crippen LogP contribution in [0, 0.1) is 6.92 Å². The Hall–Kier alpha value is -2.86.